The number of aliphatic hydroxyl groups excluding tert-OH is 1. The lowest BCUT2D eigenvalue weighted by Crippen LogP contribution is -2.27. The molecule has 2 rings (SSSR count). The Morgan fingerprint density at radius 1 is 1.47 bits per heavy atom. The lowest BCUT2D eigenvalue weighted by Gasteiger charge is -2.13. The molecule has 0 aromatic heterocycles. The molecule has 1 aromatic carbocycles. The van der Waals surface area contributed by atoms with Crippen molar-refractivity contribution in [2.75, 3.05) is 13.2 Å². The third kappa shape index (κ3) is 3.27. The molecule has 7 nitrogen and oxygen atoms in total. The molecule has 19 heavy (non-hydrogen) atoms. The van der Waals surface area contributed by atoms with E-state index in [4.69, 9.17) is 9.47 Å². The first-order valence-corrected chi connectivity index (χ1v) is 5.79. The van der Waals surface area contributed by atoms with E-state index in [9.17, 15) is 20.0 Å². The zero-order valence-electron chi connectivity index (χ0n) is 10.0. The maximum Gasteiger partial charge on any atom is 0.338 e. The van der Waals surface area contributed by atoms with Crippen LogP contribution < -0.4 is 0 Å². The van der Waals surface area contributed by atoms with E-state index in [0.717, 1.165) is 0 Å². The van der Waals surface area contributed by atoms with Gasteiger partial charge in [0, 0.05) is 18.7 Å². The van der Waals surface area contributed by atoms with Crippen molar-refractivity contribution < 1.29 is 24.3 Å². The lowest BCUT2D eigenvalue weighted by molar-refractivity contribution is -0.384. The van der Waals surface area contributed by atoms with Crippen LogP contribution in [0.3, 0.4) is 0 Å². The second-order valence-electron chi connectivity index (χ2n) is 4.17. The third-order valence-corrected chi connectivity index (χ3v) is 2.87. The highest BCUT2D eigenvalue weighted by atomic mass is 16.6. The van der Waals surface area contributed by atoms with Crippen molar-refractivity contribution in [1.82, 2.24) is 0 Å². The fraction of sp³-hybridized carbons (Fsp3) is 0.417. The van der Waals surface area contributed by atoms with Crippen LogP contribution in [0.1, 0.15) is 16.8 Å². The smallest absolute Gasteiger partial charge is 0.338 e. The van der Waals surface area contributed by atoms with Gasteiger partial charge in [-0.15, -0.1) is 0 Å². The minimum Gasteiger partial charge on any atom is -0.459 e. The molecule has 1 aromatic rings. The fourth-order valence-electron chi connectivity index (χ4n) is 1.76. The highest BCUT2D eigenvalue weighted by Crippen LogP contribution is 2.15. The predicted octanol–water partition coefficient (Wildman–Crippen LogP) is 0.901. The van der Waals surface area contributed by atoms with Crippen LogP contribution in [0, 0.1) is 10.1 Å². The summed E-state index contributed by atoms with van der Waals surface area (Å²) in [5, 5.41) is 19.9. The van der Waals surface area contributed by atoms with Crippen LogP contribution in [0.4, 0.5) is 5.69 Å². The van der Waals surface area contributed by atoms with Crippen LogP contribution in [0.2, 0.25) is 0 Å². The predicted molar refractivity (Wildman–Crippen MR) is 63.7 cm³/mol. The van der Waals surface area contributed by atoms with Crippen LogP contribution in [-0.2, 0) is 9.47 Å². The van der Waals surface area contributed by atoms with Crippen molar-refractivity contribution in [2.45, 2.75) is 18.6 Å². The maximum atomic E-state index is 11.7. The van der Waals surface area contributed by atoms with Gasteiger partial charge in [-0.1, -0.05) is 0 Å². The van der Waals surface area contributed by atoms with Gasteiger partial charge in [-0.2, -0.15) is 0 Å². The number of hydrogen-bond acceptors (Lipinski definition) is 6. The van der Waals surface area contributed by atoms with E-state index in [2.05, 4.69) is 0 Å². The highest BCUT2D eigenvalue weighted by Gasteiger charge is 2.27. The van der Waals surface area contributed by atoms with Gasteiger partial charge in [-0.25, -0.2) is 4.79 Å². The Morgan fingerprint density at radius 2 is 2.16 bits per heavy atom. The lowest BCUT2D eigenvalue weighted by atomic mass is 10.2. The van der Waals surface area contributed by atoms with Crippen LogP contribution >= 0.6 is 0 Å². The second-order valence-corrected chi connectivity index (χ2v) is 4.17. The normalized spacial score (nSPS) is 22.2. The van der Waals surface area contributed by atoms with Crippen LogP contribution in [0.25, 0.3) is 0 Å². The largest absolute Gasteiger partial charge is 0.459 e. The Bertz CT molecular complexity index is 472. The summed E-state index contributed by atoms with van der Waals surface area (Å²) in [6.07, 6.45) is -0.591. The number of carbonyl (C=O) groups excluding carboxylic acids is 1. The molecule has 1 heterocycles. The molecule has 102 valence electrons. The third-order valence-electron chi connectivity index (χ3n) is 2.87. The molecule has 0 unspecified atom stereocenters. The van der Waals surface area contributed by atoms with E-state index < -0.39 is 23.1 Å². The monoisotopic (exact) mass is 267 g/mol. The van der Waals surface area contributed by atoms with Gasteiger partial charge >= 0.3 is 5.97 Å². The zero-order chi connectivity index (χ0) is 13.8. The van der Waals surface area contributed by atoms with Crippen molar-refractivity contribution in [3.05, 3.63) is 39.9 Å². The number of nitro benzene ring substituents is 1. The number of nitro groups is 1. The van der Waals surface area contributed by atoms with Gasteiger partial charge in [0.15, 0.2) is 0 Å². The molecular formula is C12H13NO6. The van der Waals surface area contributed by atoms with Crippen LogP contribution in [-0.4, -0.2) is 41.4 Å². The maximum absolute atomic E-state index is 11.7. The van der Waals surface area contributed by atoms with Gasteiger partial charge in [0.2, 0.25) is 0 Å². The number of rotatable bonds is 4. The molecule has 0 bridgehead atoms. The molecule has 7 heteroatoms. The number of benzene rings is 1. The van der Waals surface area contributed by atoms with Crippen molar-refractivity contribution >= 4 is 11.7 Å². The molecule has 0 spiro atoms. The molecule has 0 amide bonds. The Morgan fingerprint density at radius 3 is 2.68 bits per heavy atom. The minimum atomic E-state index is -0.621. The first-order chi connectivity index (χ1) is 9.08. The molecule has 0 radical (unpaired) electrons. The van der Waals surface area contributed by atoms with Crippen LogP contribution in [0.5, 0.6) is 0 Å². The van der Waals surface area contributed by atoms with Gasteiger partial charge in [0.25, 0.3) is 5.69 Å². The van der Waals surface area contributed by atoms with Crippen molar-refractivity contribution in [3.63, 3.8) is 0 Å². The van der Waals surface area contributed by atoms with E-state index >= 15 is 0 Å². The molecule has 0 saturated carbocycles. The molecule has 1 saturated heterocycles. The molecule has 1 fully saturated rings. The van der Waals surface area contributed by atoms with Crippen molar-refractivity contribution in [1.29, 1.82) is 0 Å². The number of non-ortho nitro benzene ring substituents is 1. The van der Waals surface area contributed by atoms with Crippen molar-refractivity contribution in [3.8, 4) is 0 Å². The van der Waals surface area contributed by atoms with Gasteiger partial charge in [-0.3, -0.25) is 10.1 Å². The first kappa shape index (κ1) is 13.4. The van der Waals surface area contributed by atoms with Gasteiger partial charge in [0.1, 0.15) is 12.7 Å². The summed E-state index contributed by atoms with van der Waals surface area (Å²) in [4.78, 5) is 21.6. The minimum absolute atomic E-state index is 0.0308. The Hall–Kier alpha value is -1.99. The summed E-state index contributed by atoms with van der Waals surface area (Å²) < 4.78 is 10.2. The number of aliphatic hydroxyl groups is 1. The van der Waals surface area contributed by atoms with E-state index in [-0.39, 0.29) is 17.9 Å². The summed E-state index contributed by atoms with van der Waals surface area (Å²) in [6, 6.07) is 5.12. The van der Waals surface area contributed by atoms with Crippen LogP contribution in [0.15, 0.2) is 24.3 Å². The summed E-state index contributed by atoms with van der Waals surface area (Å²) in [5.74, 6) is -0.599. The van der Waals surface area contributed by atoms with Gasteiger partial charge < -0.3 is 14.6 Å². The molecular weight excluding hydrogens is 254 g/mol. The van der Waals surface area contributed by atoms with Gasteiger partial charge in [-0.05, 0) is 18.6 Å². The topological polar surface area (TPSA) is 98.9 Å². The average Bonchev–Trinajstić information content (AvgIpc) is 2.81. The first-order valence-electron chi connectivity index (χ1n) is 5.79. The summed E-state index contributed by atoms with van der Waals surface area (Å²) in [6.45, 7) is 0.415. The standard InChI is InChI=1S/C12H13NO6/c14-10-5-6-18-11(10)7-19-12(15)8-1-3-9(4-2-8)13(16)17/h1-4,10-11,14H,5-7H2/t10-,11+/m0/s1. The van der Waals surface area contributed by atoms with E-state index in [0.29, 0.717) is 13.0 Å². The average molecular weight is 267 g/mol. The Labute approximate surface area is 108 Å². The molecule has 1 aliphatic rings. The second kappa shape index (κ2) is 5.77. The SMILES string of the molecule is O=C(OC[C@H]1OCC[C@@H]1O)c1ccc([N+](=O)[O-])cc1. The number of nitrogens with zero attached hydrogens (tertiary/aromatic N) is 1. The van der Waals surface area contributed by atoms with E-state index in [1.165, 1.54) is 24.3 Å². The summed E-state index contributed by atoms with van der Waals surface area (Å²) >= 11 is 0. The number of hydrogen-bond donors (Lipinski definition) is 1. The summed E-state index contributed by atoms with van der Waals surface area (Å²) in [5.41, 5.74) is 0.129. The molecule has 2 atom stereocenters. The highest BCUT2D eigenvalue weighted by molar-refractivity contribution is 5.89. The molecule has 1 N–H and O–H groups in total. The fourth-order valence-corrected chi connectivity index (χ4v) is 1.76. The zero-order valence-corrected chi connectivity index (χ0v) is 10.0. The molecule has 1 aliphatic heterocycles. The number of ether oxygens (including phenoxy) is 2. The Kier molecular flexibility index (Phi) is 4.08. The van der Waals surface area contributed by atoms with E-state index in [1.54, 1.807) is 0 Å². The molecule has 0 aliphatic carbocycles. The van der Waals surface area contributed by atoms with Crippen molar-refractivity contribution in [2.24, 2.45) is 0 Å². The summed E-state index contributed by atoms with van der Waals surface area (Å²) in [7, 11) is 0. The van der Waals surface area contributed by atoms with Gasteiger partial charge in [0.05, 0.1) is 16.6 Å². The number of carbonyl (C=O) groups is 1. The Balaban J connectivity index is 1.90. The number of esters is 1. The van der Waals surface area contributed by atoms with E-state index in [1.807, 2.05) is 0 Å². The quantitative estimate of drug-likeness (QED) is 0.494.